The summed E-state index contributed by atoms with van der Waals surface area (Å²) in [5.74, 6) is -1.51. The first-order valence-electron chi connectivity index (χ1n) is 6.98. The Morgan fingerprint density at radius 3 is 2.86 bits per heavy atom. The minimum atomic E-state index is -4.21. The Hall–Kier alpha value is -1.57. The number of halogens is 3. The minimum Gasteiger partial charge on any atom is -0.372 e. The number of rotatable bonds is 1. The van der Waals surface area contributed by atoms with Gasteiger partial charge in [-0.05, 0) is 12.3 Å². The lowest BCUT2D eigenvalue weighted by molar-refractivity contribution is -0.156. The predicted octanol–water partition coefficient (Wildman–Crippen LogP) is 1.44. The van der Waals surface area contributed by atoms with Crippen LogP contribution in [0.2, 0.25) is 0 Å². The summed E-state index contributed by atoms with van der Waals surface area (Å²) in [4.78, 5) is 18.0. The van der Waals surface area contributed by atoms with E-state index >= 15 is 0 Å². The third kappa shape index (κ3) is 1.96. The molecule has 1 saturated carbocycles. The molecule has 3 aliphatic rings. The monoisotopic (exact) mass is 301 g/mol. The Morgan fingerprint density at radius 1 is 1.38 bits per heavy atom. The second-order valence-corrected chi connectivity index (χ2v) is 5.80. The van der Waals surface area contributed by atoms with E-state index in [1.54, 1.807) is 6.20 Å². The number of amides is 1. The van der Waals surface area contributed by atoms with Crippen molar-refractivity contribution >= 4 is 5.91 Å². The fourth-order valence-corrected chi connectivity index (χ4v) is 3.58. The van der Waals surface area contributed by atoms with E-state index in [9.17, 15) is 18.0 Å². The Bertz CT molecular complexity index is 574. The largest absolute Gasteiger partial charge is 0.394 e. The molecule has 4 rings (SSSR count). The fourth-order valence-electron chi connectivity index (χ4n) is 3.58. The van der Waals surface area contributed by atoms with E-state index in [2.05, 4.69) is 4.98 Å². The number of hydrogen-bond acceptors (Lipinski definition) is 3. The number of ether oxygens (including phenoxy) is 1. The SMILES string of the molecule is O=C(c1cn2c(n1)COCC2)N1CCC2C1C2C(F)(F)F. The van der Waals surface area contributed by atoms with Gasteiger partial charge in [-0.15, -0.1) is 0 Å². The van der Waals surface area contributed by atoms with Crippen LogP contribution in [-0.4, -0.2) is 45.7 Å². The molecule has 1 saturated heterocycles. The van der Waals surface area contributed by atoms with Gasteiger partial charge in [0.2, 0.25) is 0 Å². The first-order chi connectivity index (χ1) is 9.97. The molecule has 21 heavy (non-hydrogen) atoms. The van der Waals surface area contributed by atoms with Gasteiger partial charge >= 0.3 is 6.18 Å². The van der Waals surface area contributed by atoms with Crippen molar-refractivity contribution in [1.82, 2.24) is 14.5 Å². The van der Waals surface area contributed by atoms with Gasteiger partial charge in [0.05, 0.1) is 12.5 Å². The predicted molar refractivity (Wildman–Crippen MR) is 64.4 cm³/mol. The topological polar surface area (TPSA) is 47.4 Å². The number of carbonyl (C=O) groups is 1. The zero-order valence-electron chi connectivity index (χ0n) is 11.1. The molecule has 8 heteroatoms. The van der Waals surface area contributed by atoms with Gasteiger partial charge in [-0.2, -0.15) is 13.2 Å². The van der Waals surface area contributed by atoms with Crippen LogP contribution in [0.5, 0.6) is 0 Å². The summed E-state index contributed by atoms with van der Waals surface area (Å²) in [7, 11) is 0. The maximum Gasteiger partial charge on any atom is 0.394 e. The summed E-state index contributed by atoms with van der Waals surface area (Å²) in [6.45, 7) is 1.90. The summed E-state index contributed by atoms with van der Waals surface area (Å²) in [6.07, 6.45) is -2.16. The van der Waals surface area contributed by atoms with E-state index in [1.165, 1.54) is 4.90 Å². The first-order valence-corrected chi connectivity index (χ1v) is 6.98. The molecule has 3 unspecified atom stereocenters. The van der Waals surface area contributed by atoms with E-state index in [4.69, 9.17) is 4.74 Å². The average Bonchev–Trinajstić information content (AvgIpc) is 2.83. The molecule has 1 amide bonds. The molecule has 0 aromatic carbocycles. The van der Waals surface area contributed by atoms with Crippen LogP contribution in [-0.2, 0) is 17.9 Å². The van der Waals surface area contributed by atoms with Crippen molar-refractivity contribution in [3.8, 4) is 0 Å². The average molecular weight is 301 g/mol. The maximum absolute atomic E-state index is 12.8. The highest BCUT2D eigenvalue weighted by Gasteiger charge is 2.69. The zero-order valence-corrected chi connectivity index (χ0v) is 11.1. The fraction of sp³-hybridized carbons (Fsp3) is 0.692. The maximum atomic E-state index is 12.8. The molecule has 5 nitrogen and oxygen atoms in total. The normalized spacial score (nSPS) is 31.0. The molecule has 2 fully saturated rings. The van der Waals surface area contributed by atoms with Gasteiger partial charge in [0.1, 0.15) is 18.1 Å². The number of nitrogens with zero attached hydrogens (tertiary/aromatic N) is 3. The van der Waals surface area contributed by atoms with Crippen LogP contribution in [0.1, 0.15) is 22.7 Å². The van der Waals surface area contributed by atoms with Crippen molar-refractivity contribution in [2.75, 3.05) is 13.2 Å². The van der Waals surface area contributed by atoms with E-state index in [1.807, 2.05) is 4.57 Å². The van der Waals surface area contributed by atoms with Gasteiger partial charge < -0.3 is 14.2 Å². The van der Waals surface area contributed by atoms with Gasteiger partial charge in [0, 0.05) is 25.3 Å². The number of hydrogen-bond donors (Lipinski definition) is 0. The Labute approximate surface area is 118 Å². The van der Waals surface area contributed by atoms with Gasteiger partial charge in [-0.3, -0.25) is 4.79 Å². The lowest BCUT2D eigenvalue weighted by Crippen LogP contribution is -2.35. The molecular weight excluding hydrogens is 287 g/mol. The standard InChI is InChI=1S/C13H14F3N3O2/c14-13(15,16)10-7-1-2-19(11(7)10)12(20)8-5-18-3-4-21-6-9(18)17-8/h5,7,10-11H,1-4,6H2. The molecule has 3 heterocycles. The lowest BCUT2D eigenvalue weighted by Gasteiger charge is -2.20. The zero-order chi connectivity index (χ0) is 14.8. The van der Waals surface area contributed by atoms with Gasteiger partial charge in [-0.25, -0.2) is 4.98 Å². The molecular formula is C13H14F3N3O2. The number of carbonyl (C=O) groups excluding carboxylic acids is 1. The van der Waals surface area contributed by atoms with Crippen LogP contribution in [0.3, 0.4) is 0 Å². The molecule has 0 bridgehead atoms. The molecule has 0 N–H and O–H groups in total. The third-order valence-electron chi connectivity index (χ3n) is 4.62. The Morgan fingerprint density at radius 2 is 2.19 bits per heavy atom. The lowest BCUT2D eigenvalue weighted by atomic mass is 10.2. The van der Waals surface area contributed by atoms with Crippen molar-refractivity contribution in [2.45, 2.75) is 31.8 Å². The summed E-state index contributed by atoms with van der Waals surface area (Å²) in [6, 6.07) is -0.688. The summed E-state index contributed by atoms with van der Waals surface area (Å²) in [5, 5.41) is 0. The van der Waals surface area contributed by atoms with Crippen LogP contribution < -0.4 is 0 Å². The third-order valence-corrected chi connectivity index (χ3v) is 4.62. The molecule has 1 aromatic rings. The van der Waals surface area contributed by atoms with Crippen molar-refractivity contribution in [3.05, 3.63) is 17.7 Å². The number of piperidine rings is 1. The van der Waals surface area contributed by atoms with Gasteiger partial charge in [-0.1, -0.05) is 0 Å². The van der Waals surface area contributed by atoms with E-state index in [-0.39, 0.29) is 5.69 Å². The van der Waals surface area contributed by atoms with E-state index in [0.29, 0.717) is 38.5 Å². The second-order valence-electron chi connectivity index (χ2n) is 5.80. The highest BCUT2D eigenvalue weighted by Crippen LogP contribution is 2.58. The summed E-state index contributed by atoms with van der Waals surface area (Å²) < 4.78 is 45.5. The highest BCUT2D eigenvalue weighted by atomic mass is 19.4. The highest BCUT2D eigenvalue weighted by molar-refractivity contribution is 5.93. The number of aromatic nitrogens is 2. The molecule has 2 aliphatic heterocycles. The quantitative estimate of drug-likeness (QED) is 0.788. The van der Waals surface area contributed by atoms with Crippen LogP contribution >= 0.6 is 0 Å². The van der Waals surface area contributed by atoms with Gasteiger partial charge in [0.15, 0.2) is 0 Å². The van der Waals surface area contributed by atoms with Crippen molar-refractivity contribution in [3.63, 3.8) is 0 Å². The first kappa shape index (κ1) is 13.1. The van der Waals surface area contributed by atoms with Crippen LogP contribution in [0.25, 0.3) is 0 Å². The summed E-state index contributed by atoms with van der Waals surface area (Å²) in [5.41, 5.74) is 0.226. The number of likely N-dealkylation sites (tertiary alicyclic amines) is 1. The number of imidazole rings is 1. The second kappa shape index (κ2) is 4.22. The van der Waals surface area contributed by atoms with Crippen LogP contribution in [0.15, 0.2) is 6.20 Å². The molecule has 0 spiro atoms. The van der Waals surface area contributed by atoms with Crippen LogP contribution in [0, 0.1) is 11.8 Å². The van der Waals surface area contributed by atoms with E-state index in [0.717, 1.165) is 0 Å². The molecule has 3 atom stereocenters. The van der Waals surface area contributed by atoms with Gasteiger partial charge in [0.25, 0.3) is 5.91 Å². The number of alkyl halides is 3. The molecule has 1 aromatic heterocycles. The molecule has 1 aliphatic carbocycles. The van der Waals surface area contributed by atoms with Crippen LogP contribution in [0.4, 0.5) is 13.2 Å². The smallest absolute Gasteiger partial charge is 0.372 e. The van der Waals surface area contributed by atoms with Crippen molar-refractivity contribution in [2.24, 2.45) is 11.8 Å². The van der Waals surface area contributed by atoms with Crippen molar-refractivity contribution < 1.29 is 22.7 Å². The summed E-state index contributed by atoms with van der Waals surface area (Å²) >= 11 is 0. The van der Waals surface area contributed by atoms with Crippen molar-refractivity contribution in [1.29, 1.82) is 0 Å². The molecule has 0 radical (unpaired) electrons. The Balaban J connectivity index is 1.54. The molecule has 114 valence electrons. The number of fused-ring (bicyclic) bond motifs is 2. The van der Waals surface area contributed by atoms with E-state index < -0.39 is 30.0 Å². The Kier molecular flexibility index (Phi) is 2.64. The minimum absolute atomic E-state index is 0.226.